The zero-order chi connectivity index (χ0) is 12.7. The van der Waals surface area contributed by atoms with Gasteiger partial charge in [-0.05, 0) is 0 Å². The molecular weight excluding hydrogens is 226 g/mol. The lowest BCUT2D eigenvalue weighted by Gasteiger charge is -2.27. The van der Waals surface area contributed by atoms with Gasteiger partial charge in [0.05, 0.1) is 26.9 Å². The zero-order valence-corrected chi connectivity index (χ0v) is 10.2. The average Bonchev–Trinajstić information content (AvgIpc) is 2.39. The largest absolute Gasteiger partial charge is 0.467 e. The molecule has 0 spiro atoms. The third-order valence-electron chi connectivity index (χ3n) is 2.50. The van der Waals surface area contributed by atoms with Gasteiger partial charge in [0.2, 0.25) is 0 Å². The summed E-state index contributed by atoms with van der Waals surface area (Å²) in [7, 11) is 2.74. The summed E-state index contributed by atoms with van der Waals surface area (Å²) in [6, 6.07) is 0. The number of nitrogens with two attached hydrogens (primary N) is 1. The third kappa shape index (κ3) is 4.20. The minimum absolute atomic E-state index is 0.159. The molecule has 0 saturated carbocycles. The first-order valence-electron chi connectivity index (χ1n) is 5.42. The molecule has 7 heteroatoms. The second kappa shape index (κ2) is 7.08. The molecule has 98 valence electrons. The van der Waals surface area contributed by atoms with Gasteiger partial charge in [0.15, 0.2) is 12.1 Å². The zero-order valence-electron chi connectivity index (χ0n) is 10.2. The highest BCUT2D eigenvalue weighted by atomic mass is 16.6. The van der Waals surface area contributed by atoms with Gasteiger partial charge in [-0.2, -0.15) is 0 Å². The summed E-state index contributed by atoms with van der Waals surface area (Å²) >= 11 is 0. The van der Waals surface area contributed by atoms with Gasteiger partial charge in [-0.15, -0.1) is 0 Å². The molecule has 1 atom stereocenters. The van der Waals surface area contributed by atoms with Crippen LogP contribution < -0.4 is 5.73 Å². The standard InChI is InChI=1S/C10H19N3O4/c1-15-8(9(14)16-2)7-12-10(11)13-3-5-17-6-4-13/h8H,3-7H2,1-2H3,(H2,11,12). The van der Waals surface area contributed by atoms with Crippen molar-refractivity contribution in [3.8, 4) is 0 Å². The van der Waals surface area contributed by atoms with Crippen molar-refractivity contribution in [2.75, 3.05) is 47.1 Å². The summed E-state index contributed by atoms with van der Waals surface area (Å²) < 4.78 is 14.7. The number of hydrogen-bond donors (Lipinski definition) is 1. The summed E-state index contributed by atoms with van der Waals surface area (Å²) in [5.74, 6) is -0.0507. The van der Waals surface area contributed by atoms with Gasteiger partial charge < -0.3 is 24.8 Å². The minimum Gasteiger partial charge on any atom is -0.467 e. The molecule has 1 fully saturated rings. The number of morpholine rings is 1. The molecule has 1 aliphatic heterocycles. The number of guanidine groups is 1. The molecule has 1 rings (SSSR count). The van der Waals surface area contributed by atoms with Crippen LogP contribution in [0.1, 0.15) is 0 Å². The minimum atomic E-state index is -0.709. The average molecular weight is 245 g/mol. The van der Waals surface area contributed by atoms with E-state index in [1.165, 1.54) is 14.2 Å². The number of carbonyl (C=O) groups excluding carboxylic acids is 1. The lowest BCUT2D eigenvalue weighted by atomic mass is 10.3. The molecule has 17 heavy (non-hydrogen) atoms. The maximum atomic E-state index is 11.2. The Balaban J connectivity index is 2.47. The van der Waals surface area contributed by atoms with Crippen LogP contribution in [-0.2, 0) is 19.0 Å². The van der Waals surface area contributed by atoms with Crippen molar-refractivity contribution in [3.63, 3.8) is 0 Å². The van der Waals surface area contributed by atoms with Crippen LogP contribution in [0.3, 0.4) is 0 Å². The Hall–Kier alpha value is -1.34. The van der Waals surface area contributed by atoms with E-state index in [1.807, 2.05) is 4.90 Å². The maximum Gasteiger partial charge on any atom is 0.336 e. The van der Waals surface area contributed by atoms with Crippen LogP contribution in [0.4, 0.5) is 0 Å². The van der Waals surface area contributed by atoms with Crippen molar-refractivity contribution >= 4 is 11.9 Å². The molecule has 0 bridgehead atoms. The van der Waals surface area contributed by atoms with Crippen LogP contribution in [0, 0.1) is 0 Å². The van der Waals surface area contributed by atoms with E-state index >= 15 is 0 Å². The highest BCUT2D eigenvalue weighted by Crippen LogP contribution is 1.98. The molecule has 0 amide bonds. The van der Waals surface area contributed by atoms with Crippen molar-refractivity contribution in [1.29, 1.82) is 0 Å². The van der Waals surface area contributed by atoms with E-state index < -0.39 is 12.1 Å². The van der Waals surface area contributed by atoms with Gasteiger partial charge in [-0.3, -0.25) is 0 Å². The second-order valence-electron chi connectivity index (χ2n) is 3.55. The third-order valence-corrected chi connectivity index (χ3v) is 2.50. The van der Waals surface area contributed by atoms with Gasteiger partial charge in [0.25, 0.3) is 0 Å². The van der Waals surface area contributed by atoms with Crippen LogP contribution >= 0.6 is 0 Å². The number of rotatable bonds is 4. The van der Waals surface area contributed by atoms with Crippen molar-refractivity contribution in [2.24, 2.45) is 10.7 Å². The predicted molar refractivity (Wildman–Crippen MR) is 61.7 cm³/mol. The Morgan fingerprint density at radius 2 is 2.12 bits per heavy atom. The fraction of sp³-hybridized carbons (Fsp3) is 0.800. The Bertz CT molecular complexity index is 277. The molecule has 2 N–H and O–H groups in total. The Labute approximate surface area is 101 Å². The molecule has 0 aromatic carbocycles. The van der Waals surface area contributed by atoms with Crippen LogP contribution in [0.2, 0.25) is 0 Å². The fourth-order valence-corrected chi connectivity index (χ4v) is 1.45. The van der Waals surface area contributed by atoms with Gasteiger partial charge >= 0.3 is 5.97 Å². The predicted octanol–water partition coefficient (Wildman–Crippen LogP) is -1.18. The lowest BCUT2D eigenvalue weighted by Crippen LogP contribution is -2.45. The van der Waals surface area contributed by atoms with Gasteiger partial charge in [-0.25, -0.2) is 9.79 Å². The van der Waals surface area contributed by atoms with Crippen molar-refractivity contribution < 1.29 is 19.0 Å². The van der Waals surface area contributed by atoms with Crippen LogP contribution in [-0.4, -0.2) is 70.0 Å². The van der Waals surface area contributed by atoms with E-state index in [1.54, 1.807) is 0 Å². The summed E-state index contributed by atoms with van der Waals surface area (Å²) in [4.78, 5) is 17.3. The maximum absolute atomic E-state index is 11.2. The highest BCUT2D eigenvalue weighted by molar-refractivity contribution is 5.79. The summed E-state index contributed by atoms with van der Waals surface area (Å²) in [5.41, 5.74) is 5.81. The molecule has 1 saturated heterocycles. The second-order valence-corrected chi connectivity index (χ2v) is 3.55. The van der Waals surface area contributed by atoms with Gasteiger partial charge in [0, 0.05) is 20.2 Å². The molecule has 0 radical (unpaired) electrons. The number of aliphatic imine (C=N–C) groups is 1. The molecular formula is C10H19N3O4. The number of methoxy groups -OCH3 is 2. The van der Waals surface area contributed by atoms with Crippen molar-refractivity contribution in [3.05, 3.63) is 0 Å². The monoisotopic (exact) mass is 245 g/mol. The first-order chi connectivity index (χ1) is 8.19. The lowest BCUT2D eigenvalue weighted by molar-refractivity contribution is -0.151. The van der Waals surface area contributed by atoms with Gasteiger partial charge in [0.1, 0.15) is 0 Å². The van der Waals surface area contributed by atoms with E-state index in [4.69, 9.17) is 15.2 Å². The molecule has 0 aromatic rings. The molecule has 1 aliphatic rings. The molecule has 0 aliphatic carbocycles. The van der Waals surface area contributed by atoms with E-state index in [0.717, 1.165) is 0 Å². The summed E-state index contributed by atoms with van der Waals surface area (Å²) in [5, 5.41) is 0. The Kier molecular flexibility index (Phi) is 5.71. The molecule has 1 heterocycles. The van der Waals surface area contributed by atoms with E-state index in [2.05, 4.69) is 9.73 Å². The van der Waals surface area contributed by atoms with Gasteiger partial charge in [-0.1, -0.05) is 0 Å². The number of ether oxygens (including phenoxy) is 3. The summed E-state index contributed by atoms with van der Waals surface area (Å²) in [6.07, 6.45) is -0.709. The van der Waals surface area contributed by atoms with E-state index in [-0.39, 0.29) is 6.54 Å². The smallest absolute Gasteiger partial charge is 0.336 e. The number of esters is 1. The number of hydrogen-bond acceptors (Lipinski definition) is 5. The quantitative estimate of drug-likeness (QED) is 0.381. The van der Waals surface area contributed by atoms with Crippen LogP contribution in [0.5, 0.6) is 0 Å². The summed E-state index contributed by atoms with van der Waals surface area (Å²) in [6.45, 7) is 2.87. The highest BCUT2D eigenvalue weighted by Gasteiger charge is 2.19. The van der Waals surface area contributed by atoms with E-state index in [9.17, 15) is 4.79 Å². The van der Waals surface area contributed by atoms with E-state index in [0.29, 0.717) is 32.3 Å². The van der Waals surface area contributed by atoms with Crippen LogP contribution in [0.25, 0.3) is 0 Å². The molecule has 1 unspecified atom stereocenters. The molecule has 0 aromatic heterocycles. The number of nitrogens with zero attached hydrogens (tertiary/aromatic N) is 2. The first kappa shape index (κ1) is 13.7. The topological polar surface area (TPSA) is 86.4 Å². The molecule has 7 nitrogen and oxygen atoms in total. The first-order valence-corrected chi connectivity index (χ1v) is 5.42. The SMILES string of the molecule is COC(=O)C(CN=C(N)N1CCOCC1)OC. The van der Waals surface area contributed by atoms with Crippen LogP contribution in [0.15, 0.2) is 4.99 Å². The fourth-order valence-electron chi connectivity index (χ4n) is 1.45. The normalized spacial score (nSPS) is 18.9. The van der Waals surface area contributed by atoms with Crippen molar-refractivity contribution in [2.45, 2.75) is 6.10 Å². The Morgan fingerprint density at radius 3 is 2.65 bits per heavy atom. The number of carbonyl (C=O) groups is 1. The van der Waals surface area contributed by atoms with Crippen molar-refractivity contribution in [1.82, 2.24) is 4.90 Å². The Morgan fingerprint density at radius 1 is 1.47 bits per heavy atom.